The van der Waals surface area contributed by atoms with E-state index >= 15 is 0 Å². The van der Waals surface area contributed by atoms with Crippen LogP contribution in [0.4, 0.5) is 0 Å². The molecule has 2 nitrogen and oxygen atoms in total. The minimum atomic E-state index is 0.546. The summed E-state index contributed by atoms with van der Waals surface area (Å²) >= 11 is 0. The van der Waals surface area contributed by atoms with Gasteiger partial charge in [0.1, 0.15) is 0 Å². The van der Waals surface area contributed by atoms with E-state index in [4.69, 9.17) is 0 Å². The van der Waals surface area contributed by atoms with Gasteiger partial charge in [0.15, 0.2) is 0 Å². The third kappa shape index (κ3) is 2.32. The molecule has 1 fully saturated rings. The normalized spacial score (nSPS) is 20.4. The summed E-state index contributed by atoms with van der Waals surface area (Å²) in [5.74, 6) is 0.546. The van der Waals surface area contributed by atoms with Gasteiger partial charge >= 0.3 is 0 Å². The molecule has 1 aliphatic carbocycles. The fourth-order valence-electron chi connectivity index (χ4n) is 1.70. The van der Waals surface area contributed by atoms with Crippen molar-refractivity contribution < 1.29 is 0 Å². The second-order valence-corrected chi connectivity index (χ2v) is 4.30. The number of nitrogens with one attached hydrogen (secondary N) is 1. The van der Waals surface area contributed by atoms with E-state index in [0.29, 0.717) is 12.0 Å². The molecule has 1 heterocycles. The molecule has 0 bridgehead atoms. The highest BCUT2D eigenvalue weighted by Crippen LogP contribution is 2.24. The number of rotatable bonds is 4. The lowest BCUT2D eigenvalue weighted by molar-refractivity contribution is 0.478. The molecule has 2 unspecified atom stereocenters. The van der Waals surface area contributed by atoms with Gasteiger partial charge in [0.05, 0.1) is 0 Å². The molecule has 1 saturated carbocycles. The Morgan fingerprint density at radius 3 is 2.79 bits per heavy atom. The number of hydrogen-bond acceptors (Lipinski definition) is 2. The van der Waals surface area contributed by atoms with E-state index in [0.717, 1.165) is 6.04 Å². The van der Waals surface area contributed by atoms with Crippen LogP contribution in [0.25, 0.3) is 0 Å². The molecule has 2 atom stereocenters. The Hall–Kier alpha value is -0.890. The van der Waals surface area contributed by atoms with Gasteiger partial charge in [0.2, 0.25) is 0 Å². The van der Waals surface area contributed by atoms with Crippen LogP contribution in [0.15, 0.2) is 24.5 Å². The zero-order valence-electron chi connectivity index (χ0n) is 8.90. The molecular weight excluding hydrogens is 172 g/mol. The SMILES string of the molecule is CC(NC1CC1)C(C)c1cccnc1. The first kappa shape index (κ1) is 9.66. The van der Waals surface area contributed by atoms with E-state index in [9.17, 15) is 0 Å². The summed E-state index contributed by atoms with van der Waals surface area (Å²) in [6.07, 6.45) is 6.50. The van der Waals surface area contributed by atoms with Crippen molar-refractivity contribution in [2.75, 3.05) is 0 Å². The summed E-state index contributed by atoms with van der Waals surface area (Å²) in [7, 11) is 0. The van der Waals surface area contributed by atoms with Gasteiger partial charge in [-0.05, 0) is 37.3 Å². The van der Waals surface area contributed by atoms with Gasteiger partial charge in [0.25, 0.3) is 0 Å². The molecule has 0 amide bonds. The van der Waals surface area contributed by atoms with Gasteiger partial charge in [-0.3, -0.25) is 4.98 Å². The van der Waals surface area contributed by atoms with Crippen LogP contribution in [0, 0.1) is 0 Å². The first-order valence-corrected chi connectivity index (χ1v) is 5.43. The summed E-state index contributed by atoms with van der Waals surface area (Å²) in [6.45, 7) is 4.52. The number of pyridine rings is 1. The second-order valence-electron chi connectivity index (χ2n) is 4.30. The van der Waals surface area contributed by atoms with Crippen LogP contribution in [0.3, 0.4) is 0 Å². The summed E-state index contributed by atoms with van der Waals surface area (Å²) in [6, 6.07) is 5.49. The number of aromatic nitrogens is 1. The number of nitrogens with zero attached hydrogens (tertiary/aromatic N) is 1. The van der Waals surface area contributed by atoms with Crippen LogP contribution in [-0.4, -0.2) is 17.1 Å². The maximum absolute atomic E-state index is 4.16. The fourth-order valence-corrected chi connectivity index (χ4v) is 1.70. The quantitative estimate of drug-likeness (QED) is 0.788. The molecule has 0 aromatic carbocycles. The van der Waals surface area contributed by atoms with Gasteiger partial charge in [-0.15, -0.1) is 0 Å². The van der Waals surface area contributed by atoms with E-state index in [1.165, 1.54) is 18.4 Å². The fraction of sp³-hybridized carbons (Fsp3) is 0.583. The van der Waals surface area contributed by atoms with Gasteiger partial charge in [0, 0.05) is 24.5 Å². The minimum absolute atomic E-state index is 0.546. The maximum atomic E-state index is 4.16. The predicted molar refractivity (Wildman–Crippen MR) is 58.3 cm³/mol. The topological polar surface area (TPSA) is 24.9 Å². The smallest absolute Gasteiger partial charge is 0.0303 e. The highest BCUT2D eigenvalue weighted by molar-refractivity contribution is 5.15. The first-order valence-electron chi connectivity index (χ1n) is 5.43. The third-order valence-electron chi connectivity index (χ3n) is 3.04. The van der Waals surface area contributed by atoms with Crippen molar-refractivity contribution in [3.05, 3.63) is 30.1 Å². The highest BCUT2D eigenvalue weighted by Gasteiger charge is 2.25. The van der Waals surface area contributed by atoms with Crippen molar-refractivity contribution in [1.29, 1.82) is 0 Å². The average Bonchev–Trinajstić information content (AvgIpc) is 3.02. The van der Waals surface area contributed by atoms with Crippen molar-refractivity contribution in [3.63, 3.8) is 0 Å². The molecule has 2 rings (SSSR count). The van der Waals surface area contributed by atoms with Crippen LogP contribution in [0.2, 0.25) is 0 Å². The highest BCUT2D eigenvalue weighted by atomic mass is 15.0. The minimum Gasteiger partial charge on any atom is -0.311 e. The van der Waals surface area contributed by atoms with Crippen molar-refractivity contribution in [2.45, 2.75) is 44.7 Å². The summed E-state index contributed by atoms with van der Waals surface area (Å²) in [5.41, 5.74) is 1.33. The van der Waals surface area contributed by atoms with Crippen LogP contribution in [-0.2, 0) is 0 Å². The summed E-state index contributed by atoms with van der Waals surface area (Å²) in [5, 5.41) is 3.62. The van der Waals surface area contributed by atoms with Crippen LogP contribution in [0.5, 0.6) is 0 Å². The molecule has 0 radical (unpaired) electrons. The molecule has 76 valence electrons. The summed E-state index contributed by atoms with van der Waals surface area (Å²) < 4.78 is 0. The molecule has 0 saturated heterocycles. The molecule has 2 heteroatoms. The van der Waals surface area contributed by atoms with Crippen LogP contribution in [0.1, 0.15) is 38.2 Å². The van der Waals surface area contributed by atoms with Crippen molar-refractivity contribution >= 4 is 0 Å². The number of hydrogen-bond donors (Lipinski definition) is 1. The third-order valence-corrected chi connectivity index (χ3v) is 3.04. The van der Waals surface area contributed by atoms with Gasteiger partial charge in [-0.2, -0.15) is 0 Å². The Morgan fingerprint density at radius 2 is 2.21 bits per heavy atom. The Labute approximate surface area is 85.7 Å². The lowest BCUT2D eigenvalue weighted by atomic mass is 9.96. The molecule has 1 aromatic rings. The van der Waals surface area contributed by atoms with Gasteiger partial charge in [-0.25, -0.2) is 0 Å². The predicted octanol–water partition coefficient (Wildman–Crippen LogP) is 2.33. The Bertz CT molecular complexity index is 280. The van der Waals surface area contributed by atoms with Gasteiger partial charge < -0.3 is 5.32 Å². The molecule has 14 heavy (non-hydrogen) atoms. The van der Waals surface area contributed by atoms with E-state index in [-0.39, 0.29) is 0 Å². The monoisotopic (exact) mass is 190 g/mol. The van der Waals surface area contributed by atoms with E-state index < -0.39 is 0 Å². The maximum Gasteiger partial charge on any atom is 0.0303 e. The van der Waals surface area contributed by atoms with E-state index in [2.05, 4.69) is 30.2 Å². The molecule has 1 aliphatic rings. The zero-order valence-corrected chi connectivity index (χ0v) is 8.90. The second kappa shape index (κ2) is 4.09. The van der Waals surface area contributed by atoms with E-state index in [1.807, 2.05) is 18.5 Å². The average molecular weight is 190 g/mol. The molecule has 1 aromatic heterocycles. The van der Waals surface area contributed by atoms with Crippen molar-refractivity contribution in [1.82, 2.24) is 10.3 Å². The molecule has 1 N–H and O–H groups in total. The largest absolute Gasteiger partial charge is 0.311 e. The lowest BCUT2D eigenvalue weighted by Crippen LogP contribution is -2.32. The lowest BCUT2D eigenvalue weighted by Gasteiger charge is -2.21. The Kier molecular flexibility index (Phi) is 2.82. The summed E-state index contributed by atoms with van der Waals surface area (Å²) in [4.78, 5) is 4.16. The van der Waals surface area contributed by atoms with Gasteiger partial charge in [-0.1, -0.05) is 13.0 Å². The van der Waals surface area contributed by atoms with Crippen molar-refractivity contribution in [3.8, 4) is 0 Å². The van der Waals surface area contributed by atoms with Crippen molar-refractivity contribution in [2.24, 2.45) is 0 Å². The standard InChI is InChI=1S/C12H18N2/c1-9(10(2)14-12-5-6-12)11-4-3-7-13-8-11/h3-4,7-10,12,14H,5-6H2,1-2H3. The van der Waals surface area contributed by atoms with Crippen LogP contribution < -0.4 is 5.32 Å². The molecule has 0 aliphatic heterocycles. The zero-order chi connectivity index (χ0) is 9.97. The van der Waals surface area contributed by atoms with E-state index in [1.54, 1.807) is 0 Å². The van der Waals surface area contributed by atoms with Crippen LogP contribution >= 0.6 is 0 Å². The Balaban J connectivity index is 1.96. The molecular formula is C12H18N2. The first-order chi connectivity index (χ1) is 6.77. The Morgan fingerprint density at radius 1 is 1.43 bits per heavy atom. The molecule has 0 spiro atoms.